The van der Waals surface area contributed by atoms with Crippen LogP contribution >= 0.6 is 0 Å². The van der Waals surface area contributed by atoms with Crippen LogP contribution < -0.4 is 16.6 Å². The van der Waals surface area contributed by atoms with Gasteiger partial charge in [-0.3, -0.25) is 14.2 Å². The number of fused-ring (bicyclic) bond motifs is 1. The Labute approximate surface area is 211 Å². The highest BCUT2D eigenvalue weighted by Crippen LogP contribution is 2.29. The van der Waals surface area contributed by atoms with E-state index in [1.54, 1.807) is 30.3 Å². The van der Waals surface area contributed by atoms with Crippen molar-refractivity contribution in [2.75, 3.05) is 0 Å². The highest BCUT2D eigenvalue weighted by molar-refractivity contribution is 5.82. The number of rotatable bonds is 6. The molecule has 4 aromatic rings. The molecule has 0 spiro atoms. The van der Waals surface area contributed by atoms with Gasteiger partial charge in [0.1, 0.15) is 6.54 Å². The van der Waals surface area contributed by atoms with Crippen molar-refractivity contribution in [1.29, 1.82) is 0 Å². The van der Waals surface area contributed by atoms with Gasteiger partial charge in [0.05, 0.1) is 22.2 Å². The molecule has 9 heteroatoms. The Balaban J connectivity index is 1.70. The standard InChI is InChI=1S/C28H26F3N3O3/c1-17(2)20-8-10-22(11-9-20)34-26(36)23-13-18(3)7-12-24(23)33(27(34)37)16-25(35)32-15-19-5-4-6-21(14-19)28(29,30)31/h4-14,17H,15-16H2,1-3H3,(H,32,35). The number of hydrogen-bond acceptors (Lipinski definition) is 3. The summed E-state index contributed by atoms with van der Waals surface area (Å²) in [6, 6.07) is 16.7. The third kappa shape index (κ3) is 5.50. The zero-order valence-electron chi connectivity index (χ0n) is 20.6. The van der Waals surface area contributed by atoms with E-state index >= 15 is 0 Å². The van der Waals surface area contributed by atoms with E-state index in [0.717, 1.165) is 27.8 Å². The molecule has 1 heterocycles. The number of hydrogen-bond donors (Lipinski definition) is 1. The molecule has 192 valence electrons. The Morgan fingerprint density at radius 1 is 0.973 bits per heavy atom. The fraction of sp³-hybridized carbons (Fsp3) is 0.250. The van der Waals surface area contributed by atoms with Gasteiger partial charge in [0.2, 0.25) is 5.91 Å². The lowest BCUT2D eigenvalue weighted by molar-refractivity contribution is -0.137. The summed E-state index contributed by atoms with van der Waals surface area (Å²) in [5.74, 6) is -0.316. The largest absolute Gasteiger partial charge is 0.416 e. The average molecular weight is 510 g/mol. The second-order valence-electron chi connectivity index (χ2n) is 9.25. The zero-order chi connectivity index (χ0) is 26.9. The molecule has 0 saturated heterocycles. The van der Waals surface area contributed by atoms with Crippen LogP contribution in [0.2, 0.25) is 0 Å². The zero-order valence-corrected chi connectivity index (χ0v) is 20.6. The molecular formula is C28H26F3N3O3. The molecule has 0 aliphatic heterocycles. The van der Waals surface area contributed by atoms with Crippen molar-refractivity contribution in [1.82, 2.24) is 14.5 Å². The second kappa shape index (κ2) is 10.1. The number of carbonyl (C=O) groups is 1. The maximum Gasteiger partial charge on any atom is 0.416 e. The van der Waals surface area contributed by atoms with Crippen LogP contribution in [0.5, 0.6) is 0 Å². The maximum absolute atomic E-state index is 13.5. The molecule has 0 fully saturated rings. The predicted molar refractivity (Wildman–Crippen MR) is 136 cm³/mol. The number of aryl methyl sites for hydroxylation is 1. The van der Waals surface area contributed by atoms with Crippen LogP contribution in [-0.2, 0) is 24.1 Å². The lowest BCUT2D eigenvalue weighted by Crippen LogP contribution is -2.41. The third-order valence-corrected chi connectivity index (χ3v) is 6.16. The van der Waals surface area contributed by atoms with Crippen LogP contribution in [0.3, 0.4) is 0 Å². The van der Waals surface area contributed by atoms with Gasteiger partial charge in [-0.25, -0.2) is 9.36 Å². The molecule has 37 heavy (non-hydrogen) atoms. The monoisotopic (exact) mass is 509 g/mol. The molecule has 6 nitrogen and oxygen atoms in total. The van der Waals surface area contributed by atoms with Crippen molar-refractivity contribution in [3.05, 3.63) is 110 Å². The minimum Gasteiger partial charge on any atom is -0.350 e. The summed E-state index contributed by atoms with van der Waals surface area (Å²) >= 11 is 0. The molecule has 3 aromatic carbocycles. The molecule has 1 N–H and O–H groups in total. The molecule has 0 atom stereocenters. The summed E-state index contributed by atoms with van der Waals surface area (Å²) in [6.45, 7) is 5.32. The van der Waals surface area contributed by atoms with Gasteiger partial charge in [-0.1, -0.05) is 49.7 Å². The number of carbonyl (C=O) groups excluding carboxylic acids is 1. The van der Waals surface area contributed by atoms with Gasteiger partial charge >= 0.3 is 11.9 Å². The Kier molecular flexibility index (Phi) is 7.07. The molecule has 1 amide bonds. The van der Waals surface area contributed by atoms with Crippen LogP contribution in [-0.4, -0.2) is 15.0 Å². The van der Waals surface area contributed by atoms with Crippen LogP contribution in [0, 0.1) is 6.92 Å². The Morgan fingerprint density at radius 2 is 1.68 bits per heavy atom. The number of amides is 1. The van der Waals surface area contributed by atoms with E-state index in [1.165, 1.54) is 16.7 Å². The van der Waals surface area contributed by atoms with E-state index in [1.807, 2.05) is 32.9 Å². The van der Waals surface area contributed by atoms with Gasteiger partial charge in [-0.05, 0) is 60.4 Å². The molecule has 0 unspecified atom stereocenters. The van der Waals surface area contributed by atoms with Gasteiger partial charge in [0.15, 0.2) is 0 Å². The Bertz CT molecular complexity index is 1580. The van der Waals surface area contributed by atoms with Crippen molar-refractivity contribution in [2.24, 2.45) is 0 Å². The smallest absolute Gasteiger partial charge is 0.350 e. The van der Waals surface area contributed by atoms with Crippen molar-refractivity contribution in [3.63, 3.8) is 0 Å². The molecule has 0 aliphatic carbocycles. The van der Waals surface area contributed by atoms with Gasteiger partial charge < -0.3 is 5.32 Å². The normalized spacial score (nSPS) is 11.8. The van der Waals surface area contributed by atoms with E-state index in [0.29, 0.717) is 11.2 Å². The maximum atomic E-state index is 13.5. The minimum absolute atomic E-state index is 0.148. The molecule has 0 saturated carbocycles. The van der Waals surface area contributed by atoms with E-state index in [2.05, 4.69) is 5.32 Å². The summed E-state index contributed by atoms with van der Waals surface area (Å²) in [4.78, 5) is 39.6. The van der Waals surface area contributed by atoms with Gasteiger partial charge in [-0.2, -0.15) is 13.2 Å². The SMILES string of the molecule is Cc1ccc2c(c1)c(=O)n(-c1ccc(C(C)C)cc1)c(=O)n2CC(=O)NCc1cccc(C(F)(F)F)c1. The topological polar surface area (TPSA) is 73.1 Å². The fourth-order valence-electron chi connectivity index (χ4n) is 4.13. The molecule has 4 rings (SSSR count). The Hall–Kier alpha value is -4.14. The van der Waals surface area contributed by atoms with E-state index in [9.17, 15) is 27.6 Å². The third-order valence-electron chi connectivity index (χ3n) is 6.16. The number of aromatic nitrogens is 2. The van der Waals surface area contributed by atoms with E-state index in [4.69, 9.17) is 0 Å². The quantitative estimate of drug-likeness (QED) is 0.401. The summed E-state index contributed by atoms with van der Waals surface area (Å²) in [6.07, 6.45) is -4.49. The van der Waals surface area contributed by atoms with Gasteiger partial charge in [0.25, 0.3) is 5.56 Å². The van der Waals surface area contributed by atoms with Crippen molar-refractivity contribution in [2.45, 2.75) is 46.0 Å². The van der Waals surface area contributed by atoms with Crippen molar-refractivity contribution < 1.29 is 18.0 Å². The predicted octanol–water partition coefficient (Wildman–Crippen LogP) is 4.92. The average Bonchev–Trinajstić information content (AvgIpc) is 2.85. The Morgan fingerprint density at radius 3 is 2.32 bits per heavy atom. The molecule has 0 bridgehead atoms. The lowest BCUT2D eigenvalue weighted by Gasteiger charge is -2.15. The second-order valence-corrected chi connectivity index (χ2v) is 9.25. The van der Waals surface area contributed by atoms with Crippen LogP contribution in [0.25, 0.3) is 16.6 Å². The van der Waals surface area contributed by atoms with Crippen molar-refractivity contribution in [3.8, 4) is 5.69 Å². The van der Waals surface area contributed by atoms with Gasteiger partial charge in [0, 0.05) is 6.54 Å². The number of nitrogens with one attached hydrogen (secondary N) is 1. The first-order valence-electron chi connectivity index (χ1n) is 11.7. The first-order valence-corrected chi connectivity index (χ1v) is 11.7. The van der Waals surface area contributed by atoms with Crippen molar-refractivity contribution >= 4 is 16.8 Å². The van der Waals surface area contributed by atoms with E-state index in [-0.39, 0.29) is 23.4 Å². The summed E-state index contributed by atoms with van der Waals surface area (Å²) in [7, 11) is 0. The molecule has 1 aromatic heterocycles. The first kappa shape index (κ1) is 25.9. The van der Waals surface area contributed by atoms with Gasteiger partial charge in [-0.15, -0.1) is 0 Å². The summed E-state index contributed by atoms with van der Waals surface area (Å²) in [5, 5.41) is 2.85. The number of alkyl halides is 3. The number of nitrogens with zero attached hydrogens (tertiary/aromatic N) is 2. The minimum atomic E-state index is -4.49. The van der Waals surface area contributed by atoms with Crippen LogP contribution in [0.1, 0.15) is 42.0 Å². The highest BCUT2D eigenvalue weighted by Gasteiger charge is 2.30. The first-order chi connectivity index (χ1) is 17.5. The number of halogens is 3. The molecule has 0 radical (unpaired) electrons. The van der Waals surface area contributed by atoms with Crippen LogP contribution in [0.4, 0.5) is 13.2 Å². The fourth-order valence-corrected chi connectivity index (χ4v) is 4.13. The molecular weight excluding hydrogens is 483 g/mol. The summed E-state index contributed by atoms with van der Waals surface area (Å²) < 4.78 is 41.2. The van der Waals surface area contributed by atoms with E-state index < -0.39 is 35.4 Å². The van der Waals surface area contributed by atoms with Crippen LogP contribution in [0.15, 0.2) is 76.3 Å². The number of benzene rings is 3. The molecule has 0 aliphatic rings. The highest BCUT2D eigenvalue weighted by atomic mass is 19.4. The lowest BCUT2D eigenvalue weighted by atomic mass is 10.0. The summed E-state index contributed by atoms with van der Waals surface area (Å²) in [5.41, 5.74) is 0.798.